The van der Waals surface area contributed by atoms with Gasteiger partial charge in [-0.25, -0.2) is 14.8 Å². The zero-order valence-electron chi connectivity index (χ0n) is 20.6. The lowest BCUT2D eigenvalue weighted by Gasteiger charge is -2.20. The van der Waals surface area contributed by atoms with Crippen LogP contribution in [0.15, 0.2) is 56.9 Å². The summed E-state index contributed by atoms with van der Waals surface area (Å²) in [7, 11) is 0. The van der Waals surface area contributed by atoms with Crippen LogP contribution in [0.5, 0.6) is 0 Å². The lowest BCUT2D eigenvalue weighted by Crippen LogP contribution is -2.40. The van der Waals surface area contributed by atoms with E-state index in [1.807, 2.05) is 32.9 Å². The Hall–Kier alpha value is -3.53. The number of pyridine rings is 2. The summed E-state index contributed by atoms with van der Waals surface area (Å²) < 4.78 is 3.65. The van der Waals surface area contributed by atoms with Gasteiger partial charge in [-0.2, -0.15) is 0 Å². The van der Waals surface area contributed by atoms with Gasteiger partial charge in [-0.3, -0.25) is 23.6 Å². The van der Waals surface area contributed by atoms with Crippen molar-refractivity contribution in [1.82, 2.24) is 24.1 Å². The summed E-state index contributed by atoms with van der Waals surface area (Å²) >= 11 is 3.28. The fourth-order valence-corrected chi connectivity index (χ4v) is 4.41. The molecule has 0 aliphatic heterocycles. The summed E-state index contributed by atoms with van der Waals surface area (Å²) in [5.74, 6) is 0.315. The third kappa shape index (κ3) is 4.90. The van der Waals surface area contributed by atoms with Gasteiger partial charge in [0.2, 0.25) is 0 Å². The number of H-pyrrole nitrogens is 1. The average molecular weight is 553 g/mol. The Bertz CT molecular complexity index is 1490. The third-order valence-corrected chi connectivity index (χ3v) is 6.53. The molecular formula is C26H29BrN6O3. The second-order valence-electron chi connectivity index (χ2n) is 8.51. The molecular weight excluding hydrogens is 524 g/mol. The zero-order valence-corrected chi connectivity index (χ0v) is 22.2. The molecule has 4 aromatic rings. The SMILES string of the molecule is CCCCn1c(=O)c2[nH]c(-c3ccc(N(CC)C(=O)c4ccc(Br)nc4)nc3)cc2n(CCC)c1=O. The van der Waals surface area contributed by atoms with Crippen molar-refractivity contribution in [3.05, 3.63) is 73.7 Å². The fraction of sp³-hybridized carbons (Fsp3) is 0.346. The molecule has 1 N–H and O–H groups in total. The molecule has 0 unspecified atom stereocenters. The van der Waals surface area contributed by atoms with Gasteiger partial charge in [0.15, 0.2) is 0 Å². The van der Waals surface area contributed by atoms with Gasteiger partial charge in [-0.1, -0.05) is 20.3 Å². The first-order valence-electron chi connectivity index (χ1n) is 12.2. The van der Waals surface area contributed by atoms with E-state index in [1.165, 1.54) is 10.8 Å². The number of amides is 1. The molecule has 0 aromatic carbocycles. The van der Waals surface area contributed by atoms with Crippen LogP contribution in [0.3, 0.4) is 0 Å². The van der Waals surface area contributed by atoms with Crippen LogP contribution in [0.25, 0.3) is 22.3 Å². The Morgan fingerprint density at radius 2 is 1.81 bits per heavy atom. The number of anilines is 1. The zero-order chi connectivity index (χ0) is 25.8. The predicted octanol–water partition coefficient (Wildman–Crippen LogP) is 4.59. The maximum atomic E-state index is 13.1. The molecule has 0 aliphatic carbocycles. The molecule has 0 saturated heterocycles. The molecule has 9 nitrogen and oxygen atoms in total. The van der Waals surface area contributed by atoms with E-state index in [2.05, 4.69) is 30.9 Å². The van der Waals surface area contributed by atoms with Gasteiger partial charge in [0.05, 0.1) is 11.1 Å². The van der Waals surface area contributed by atoms with Crippen LogP contribution in [0.4, 0.5) is 5.82 Å². The first kappa shape index (κ1) is 25.6. The molecule has 0 atom stereocenters. The van der Waals surface area contributed by atoms with Gasteiger partial charge in [0.25, 0.3) is 11.5 Å². The van der Waals surface area contributed by atoms with E-state index in [-0.39, 0.29) is 17.2 Å². The first-order valence-corrected chi connectivity index (χ1v) is 12.9. The number of rotatable bonds is 9. The van der Waals surface area contributed by atoms with Gasteiger partial charge < -0.3 is 4.98 Å². The summed E-state index contributed by atoms with van der Waals surface area (Å²) in [6.07, 6.45) is 5.60. The topological polar surface area (TPSA) is 106 Å². The van der Waals surface area contributed by atoms with Crippen molar-refractivity contribution >= 4 is 38.7 Å². The summed E-state index contributed by atoms with van der Waals surface area (Å²) in [6, 6.07) is 8.88. The van der Waals surface area contributed by atoms with E-state index < -0.39 is 0 Å². The van der Waals surface area contributed by atoms with E-state index in [4.69, 9.17) is 0 Å². The Morgan fingerprint density at radius 1 is 1.00 bits per heavy atom. The molecule has 0 fully saturated rings. The maximum absolute atomic E-state index is 13.1. The summed E-state index contributed by atoms with van der Waals surface area (Å²) in [4.78, 5) is 52.6. The number of aromatic nitrogens is 5. The van der Waals surface area contributed by atoms with Crippen molar-refractivity contribution in [2.24, 2.45) is 0 Å². The van der Waals surface area contributed by atoms with Gasteiger partial charge in [0.1, 0.15) is 15.9 Å². The van der Waals surface area contributed by atoms with Crippen LogP contribution >= 0.6 is 15.9 Å². The minimum atomic E-state index is -0.308. The largest absolute Gasteiger partial charge is 0.349 e. The number of hydrogen-bond acceptors (Lipinski definition) is 5. The standard InChI is InChI=1S/C26H29BrN6O3/c1-4-7-13-33-25(35)23-20(32(12-5-2)26(33)36)14-19(30-23)17-9-11-22(29-15-17)31(6-3)24(34)18-8-10-21(27)28-16-18/h8-11,14-16,30H,4-7,12-13H2,1-3H3. The Balaban J connectivity index is 1.71. The summed E-state index contributed by atoms with van der Waals surface area (Å²) in [5.41, 5.74) is 2.32. The highest BCUT2D eigenvalue weighted by atomic mass is 79.9. The van der Waals surface area contributed by atoms with Crippen LogP contribution in [0.1, 0.15) is 50.4 Å². The van der Waals surface area contributed by atoms with Crippen LogP contribution in [-0.4, -0.2) is 36.5 Å². The average Bonchev–Trinajstić information content (AvgIpc) is 3.33. The van der Waals surface area contributed by atoms with E-state index in [0.717, 1.165) is 24.8 Å². The minimum Gasteiger partial charge on any atom is -0.349 e. The van der Waals surface area contributed by atoms with Crippen molar-refractivity contribution in [2.75, 3.05) is 11.4 Å². The molecule has 0 spiro atoms. The number of halogens is 1. The Morgan fingerprint density at radius 3 is 2.42 bits per heavy atom. The van der Waals surface area contributed by atoms with Gasteiger partial charge in [-0.05, 0) is 66.0 Å². The molecule has 0 bridgehead atoms. The number of nitrogens with zero attached hydrogens (tertiary/aromatic N) is 5. The van der Waals surface area contributed by atoms with Gasteiger partial charge in [-0.15, -0.1) is 0 Å². The van der Waals surface area contributed by atoms with Gasteiger partial charge >= 0.3 is 5.69 Å². The quantitative estimate of drug-likeness (QED) is 0.306. The molecule has 10 heteroatoms. The molecule has 36 heavy (non-hydrogen) atoms. The first-order chi connectivity index (χ1) is 17.4. The van der Waals surface area contributed by atoms with Crippen LogP contribution in [0.2, 0.25) is 0 Å². The van der Waals surface area contributed by atoms with Crippen molar-refractivity contribution in [3.63, 3.8) is 0 Å². The molecule has 4 aromatic heterocycles. The molecule has 4 heterocycles. The number of carbonyl (C=O) groups is 1. The smallest absolute Gasteiger partial charge is 0.331 e. The maximum Gasteiger partial charge on any atom is 0.331 e. The van der Waals surface area contributed by atoms with Crippen LogP contribution in [0, 0.1) is 0 Å². The Labute approximate surface area is 216 Å². The lowest BCUT2D eigenvalue weighted by molar-refractivity contribution is 0.0987. The monoisotopic (exact) mass is 552 g/mol. The second kappa shape index (κ2) is 11.0. The normalized spacial score (nSPS) is 11.2. The number of aryl methyl sites for hydroxylation is 1. The van der Waals surface area contributed by atoms with E-state index >= 15 is 0 Å². The number of unbranched alkanes of at least 4 members (excludes halogenated alkanes) is 1. The molecule has 0 saturated carbocycles. The van der Waals surface area contributed by atoms with Crippen molar-refractivity contribution in [3.8, 4) is 11.3 Å². The van der Waals surface area contributed by atoms with E-state index in [1.54, 1.807) is 33.9 Å². The molecule has 0 radical (unpaired) electrons. The lowest BCUT2D eigenvalue weighted by atomic mass is 10.2. The highest BCUT2D eigenvalue weighted by molar-refractivity contribution is 9.10. The Kier molecular flexibility index (Phi) is 7.83. The molecule has 4 rings (SSSR count). The number of carbonyl (C=O) groups excluding carboxylic acids is 1. The van der Waals surface area contributed by atoms with Crippen LogP contribution < -0.4 is 16.1 Å². The van der Waals surface area contributed by atoms with Crippen molar-refractivity contribution in [2.45, 2.75) is 53.1 Å². The van der Waals surface area contributed by atoms with E-state index in [0.29, 0.717) is 52.3 Å². The minimum absolute atomic E-state index is 0.195. The fourth-order valence-electron chi connectivity index (χ4n) is 4.17. The highest BCUT2D eigenvalue weighted by Crippen LogP contribution is 2.24. The molecule has 1 amide bonds. The number of fused-ring (bicyclic) bond motifs is 1. The predicted molar refractivity (Wildman–Crippen MR) is 145 cm³/mol. The van der Waals surface area contributed by atoms with Crippen molar-refractivity contribution in [1.29, 1.82) is 0 Å². The number of hydrogen-bond donors (Lipinski definition) is 1. The van der Waals surface area contributed by atoms with Crippen LogP contribution in [-0.2, 0) is 13.1 Å². The van der Waals surface area contributed by atoms with Crippen molar-refractivity contribution < 1.29 is 4.79 Å². The third-order valence-electron chi connectivity index (χ3n) is 6.06. The second-order valence-corrected chi connectivity index (χ2v) is 9.32. The highest BCUT2D eigenvalue weighted by Gasteiger charge is 2.19. The number of aromatic amines is 1. The van der Waals surface area contributed by atoms with E-state index in [9.17, 15) is 14.4 Å². The molecule has 0 aliphatic rings. The van der Waals surface area contributed by atoms with Gasteiger partial charge in [0, 0.05) is 43.3 Å². The summed E-state index contributed by atoms with van der Waals surface area (Å²) in [6.45, 7) is 7.27. The number of nitrogens with one attached hydrogen (secondary N) is 1. The molecule has 188 valence electrons. The summed E-state index contributed by atoms with van der Waals surface area (Å²) in [5, 5.41) is 0.